The molecule has 0 aliphatic carbocycles. The number of hydrogen-bond acceptors (Lipinski definition) is 7. The van der Waals surface area contributed by atoms with Crippen molar-refractivity contribution in [1.29, 1.82) is 0 Å². The highest BCUT2D eigenvalue weighted by Gasteiger charge is 2.35. The molecular formula is C25H33FN4O5S. The number of hydrazone groups is 1. The maximum Gasteiger partial charge on any atom is 0.302 e. The SMILES string of the molecule is CC(C)(C)NS(=O)(=O)c1ccccc1-c1ccc(NC(=O)C2(C)CC=NN2)c(F)c1.CCOC(C)=O. The highest BCUT2D eigenvalue weighted by molar-refractivity contribution is 7.89. The first-order valence-corrected chi connectivity index (χ1v) is 12.8. The molecule has 0 saturated heterocycles. The zero-order valence-corrected chi connectivity index (χ0v) is 22.1. The van der Waals surface area contributed by atoms with Crippen LogP contribution in [0.5, 0.6) is 0 Å². The number of carbonyl (C=O) groups is 2. The lowest BCUT2D eigenvalue weighted by Gasteiger charge is -2.23. The summed E-state index contributed by atoms with van der Waals surface area (Å²) < 4.78 is 47.5. The second-order valence-corrected chi connectivity index (χ2v) is 11.0. The molecule has 3 N–H and O–H groups in total. The second-order valence-electron chi connectivity index (χ2n) is 9.38. The van der Waals surface area contributed by atoms with Gasteiger partial charge in [-0.2, -0.15) is 5.10 Å². The summed E-state index contributed by atoms with van der Waals surface area (Å²) in [6, 6.07) is 10.6. The van der Waals surface area contributed by atoms with Gasteiger partial charge in [-0.3, -0.25) is 15.0 Å². The summed E-state index contributed by atoms with van der Waals surface area (Å²) >= 11 is 0. The quantitative estimate of drug-likeness (QED) is 0.497. The molecule has 36 heavy (non-hydrogen) atoms. The number of hydrogen-bond donors (Lipinski definition) is 3. The standard InChI is InChI=1S/C21H25FN4O3S.C4H8O2/c1-20(2,3)26-30(28,29)18-8-6-5-7-15(18)14-9-10-17(16(22)13-14)24-19(27)21(4)11-12-23-25-21;1-3-6-4(2)5/h5-10,12-13,25-26H,11H2,1-4H3,(H,24,27);3H2,1-2H3. The van der Waals surface area contributed by atoms with E-state index in [9.17, 15) is 22.4 Å². The van der Waals surface area contributed by atoms with Gasteiger partial charge in [-0.05, 0) is 58.4 Å². The third-order valence-corrected chi connectivity index (χ3v) is 6.71. The first kappa shape index (κ1) is 28.9. The third-order valence-electron chi connectivity index (χ3n) is 4.90. The molecule has 0 aromatic heterocycles. The van der Waals surface area contributed by atoms with E-state index in [0.29, 0.717) is 24.2 Å². The molecule has 11 heteroatoms. The van der Waals surface area contributed by atoms with E-state index in [4.69, 9.17) is 0 Å². The number of anilines is 1. The highest BCUT2D eigenvalue weighted by Crippen LogP contribution is 2.31. The first-order chi connectivity index (χ1) is 16.7. The minimum Gasteiger partial charge on any atom is -0.466 e. The van der Waals surface area contributed by atoms with Crippen molar-refractivity contribution < 1.29 is 27.1 Å². The minimum absolute atomic E-state index is 0.00632. The van der Waals surface area contributed by atoms with Crippen molar-refractivity contribution in [3.63, 3.8) is 0 Å². The summed E-state index contributed by atoms with van der Waals surface area (Å²) in [6.07, 6.45) is 1.98. The van der Waals surface area contributed by atoms with Crippen LogP contribution in [-0.2, 0) is 24.3 Å². The molecule has 9 nitrogen and oxygen atoms in total. The number of nitrogens with zero attached hydrogens (tertiary/aromatic N) is 1. The van der Waals surface area contributed by atoms with Crippen LogP contribution in [0.4, 0.5) is 10.1 Å². The molecule has 1 unspecified atom stereocenters. The van der Waals surface area contributed by atoms with Crippen LogP contribution in [-0.4, -0.2) is 44.2 Å². The largest absolute Gasteiger partial charge is 0.466 e. The number of esters is 1. The summed E-state index contributed by atoms with van der Waals surface area (Å²) in [4.78, 5) is 22.3. The van der Waals surface area contributed by atoms with Crippen molar-refractivity contribution in [1.82, 2.24) is 10.1 Å². The van der Waals surface area contributed by atoms with Gasteiger partial charge >= 0.3 is 5.97 Å². The Morgan fingerprint density at radius 2 is 1.86 bits per heavy atom. The average Bonchev–Trinajstić information content (AvgIpc) is 3.22. The lowest BCUT2D eigenvalue weighted by atomic mass is 9.99. The molecule has 1 atom stereocenters. The highest BCUT2D eigenvalue weighted by atomic mass is 32.2. The van der Waals surface area contributed by atoms with E-state index in [-0.39, 0.29) is 16.6 Å². The van der Waals surface area contributed by atoms with Crippen LogP contribution >= 0.6 is 0 Å². The fourth-order valence-electron chi connectivity index (χ4n) is 3.25. The van der Waals surface area contributed by atoms with Gasteiger partial charge in [-0.15, -0.1) is 0 Å². The van der Waals surface area contributed by atoms with Gasteiger partial charge < -0.3 is 10.1 Å². The molecule has 0 saturated carbocycles. The topological polar surface area (TPSA) is 126 Å². The summed E-state index contributed by atoms with van der Waals surface area (Å²) in [5.74, 6) is -1.29. The van der Waals surface area contributed by atoms with E-state index in [1.54, 1.807) is 65.1 Å². The van der Waals surface area contributed by atoms with Crippen LogP contribution in [0.3, 0.4) is 0 Å². The van der Waals surface area contributed by atoms with Crippen LogP contribution < -0.4 is 15.5 Å². The van der Waals surface area contributed by atoms with Crippen LogP contribution in [0, 0.1) is 5.82 Å². The molecule has 2 aromatic rings. The molecule has 1 aliphatic heterocycles. The van der Waals surface area contributed by atoms with E-state index in [2.05, 4.69) is 25.3 Å². The molecule has 0 spiro atoms. The van der Waals surface area contributed by atoms with Crippen molar-refractivity contribution in [2.45, 2.75) is 63.9 Å². The van der Waals surface area contributed by atoms with Crippen molar-refractivity contribution in [3.05, 3.63) is 48.3 Å². The summed E-state index contributed by atoms with van der Waals surface area (Å²) in [5.41, 5.74) is 1.86. The maximum atomic E-state index is 14.8. The number of carbonyl (C=O) groups excluding carboxylic acids is 2. The number of ether oxygens (including phenoxy) is 1. The second kappa shape index (κ2) is 11.6. The van der Waals surface area contributed by atoms with Crippen LogP contribution in [0.2, 0.25) is 0 Å². The van der Waals surface area contributed by atoms with Gasteiger partial charge in [0.05, 0.1) is 17.2 Å². The smallest absolute Gasteiger partial charge is 0.302 e. The number of halogens is 1. The van der Waals surface area contributed by atoms with Gasteiger partial charge in [0, 0.05) is 30.7 Å². The number of amides is 1. The predicted molar refractivity (Wildman–Crippen MR) is 137 cm³/mol. The van der Waals surface area contributed by atoms with Crippen LogP contribution in [0.1, 0.15) is 48.0 Å². The van der Waals surface area contributed by atoms with Crippen LogP contribution in [0.15, 0.2) is 52.5 Å². The Balaban J connectivity index is 0.000000678. The summed E-state index contributed by atoms with van der Waals surface area (Å²) in [7, 11) is -3.82. The van der Waals surface area contributed by atoms with Crippen molar-refractivity contribution >= 4 is 33.8 Å². The van der Waals surface area contributed by atoms with E-state index in [1.165, 1.54) is 25.1 Å². The van der Waals surface area contributed by atoms with E-state index in [1.807, 2.05) is 0 Å². The predicted octanol–water partition coefficient (Wildman–Crippen LogP) is 3.82. The van der Waals surface area contributed by atoms with Crippen LogP contribution in [0.25, 0.3) is 11.1 Å². The number of benzene rings is 2. The first-order valence-electron chi connectivity index (χ1n) is 11.3. The molecule has 196 valence electrons. The van der Waals surface area contributed by atoms with Gasteiger partial charge in [0.25, 0.3) is 5.91 Å². The molecule has 3 rings (SSSR count). The number of nitrogens with one attached hydrogen (secondary N) is 3. The van der Waals surface area contributed by atoms with Crippen molar-refractivity contribution in [2.75, 3.05) is 11.9 Å². The Morgan fingerprint density at radius 1 is 1.19 bits per heavy atom. The van der Waals surface area contributed by atoms with E-state index < -0.39 is 32.8 Å². The molecule has 0 radical (unpaired) electrons. The number of sulfonamides is 1. The van der Waals surface area contributed by atoms with Crippen molar-refractivity contribution in [3.8, 4) is 11.1 Å². The molecule has 0 bridgehead atoms. The molecule has 1 heterocycles. The molecule has 0 fully saturated rings. The fraction of sp³-hybridized carbons (Fsp3) is 0.400. The van der Waals surface area contributed by atoms with Crippen molar-refractivity contribution in [2.24, 2.45) is 5.10 Å². The Labute approximate surface area is 211 Å². The Kier molecular flexibility index (Phi) is 9.33. The molecular weight excluding hydrogens is 487 g/mol. The van der Waals surface area contributed by atoms with E-state index >= 15 is 0 Å². The zero-order chi connectivity index (χ0) is 27.1. The maximum absolute atomic E-state index is 14.8. The third kappa shape index (κ3) is 7.85. The zero-order valence-electron chi connectivity index (χ0n) is 21.3. The summed E-state index contributed by atoms with van der Waals surface area (Å²) in [5, 5.41) is 6.40. The van der Waals surface area contributed by atoms with Gasteiger partial charge in [0.15, 0.2) is 0 Å². The Morgan fingerprint density at radius 3 is 2.36 bits per heavy atom. The Bertz CT molecular complexity index is 1230. The molecule has 1 amide bonds. The lowest BCUT2D eigenvalue weighted by molar-refractivity contribution is -0.140. The van der Waals surface area contributed by atoms with Gasteiger partial charge in [-0.25, -0.2) is 17.5 Å². The lowest BCUT2D eigenvalue weighted by Crippen LogP contribution is -2.47. The minimum atomic E-state index is -3.82. The van der Waals surface area contributed by atoms with Gasteiger partial charge in [0.2, 0.25) is 10.0 Å². The summed E-state index contributed by atoms with van der Waals surface area (Å²) in [6.45, 7) is 10.6. The monoisotopic (exact) mass is 520 g/mol. The van der Waals surface area contributed by atoms with E-state index in [0.717, 1.165) is 0 Å². The molecule has 1 aliphatic rings. The average molecular weight is 521 g/mol. The fourth-order valence-corrected chi connectivity index (χ4v) is 4.90. The van der Waals surface area contributed by atoms with Gasteiger partial charge in [0.1, 0.15) is 11.4 Å². The number of rotatable bonds is 6. The molecule has 2 aromatic carbocycles. The Hall–Kier alpha value is -3.31. The van der Waals surface area contributed by atoms with Gasteiger partial charge in [-0.1, -0.05) is 24.3 Å². The normalized spacial score (nSPS) is 17.0.